The number of halogens is 5. The first-order chi connectivity index (χ1) is 19.9. The maximum Gasteiger partial charge on any atom is 0.420 e. The van der Waals surface area contributed by atoms with Gasteiger partial charge in [-0.2, -0.15) is 13.2 Å². The van der Waals surface area contributed by atoms with Gasteiger partial charge in [-0.15, -0.1) is 0 Å². The molecule has 0 unspecified atom stereocenters. The molecule has 0 bridgehead atoms. The van der Waals surface area contributed by atoms with Crippen molar-refractivity contribution < 1.29 is 36.0 Å². The number of fused-ring (bicyclic) bond motifs is 1. The summed E-state index contributed by atoms with van der Waals surface area (Å²) in [4.78, 5) is 38.1. The summed E-state index contributed by atoms with van der Waals surface area (Å²) in [6.45, 7) is -0.433. The SMILES string of the molecule is Nc1ccc(C=CC(=O)NCc2cc3cc(-c4ncc(C(=O)N5CCC(F)(F)CC5)cn4)cc(C(F)(F)F)c3o2)cn1. The Morgan fingerprint density at radius 1 is 1.05 bits per heavy atom. The van der Waals surface area contributed by atoms with Gasteiger partial charge in [0.2, 0.25) is 5.91 Å². The highest BCUT2D eigenvalue weighted by molar-refractivity contribution is 5.94. The predicted molar refractivity (Wildman–Crippen MR) is 142 cm³/mol. The molecule has 9 nitrogen and oxygen atoms in total. The number of carbonyl (C=O) groups is 2. The van der Waals surface area contributed by atoms with Crippen LogP contribution in [-0.2, 0) is 17.5 Å². The van der Waals surface area contributed by atoms with E-state index in [4.69, 9.17) is 10.2 Å². The minimum absolute atomic E-state index is 0.0165. The standard InChI is InChI=1S/C28H23F5N6O3/c29-27(30)5-7-39(8-6-27)26(41)19-13-37-25(38-14-19)18-9-17-10-20(42-24(17)21(11-18)28(31,32)33)15-36-23(40)4-2-16-1-3-22(34)35-12-16/h1-4,9-14H,5-8,15H2,(H2,34,35)(H,36,40). The van der Waals surface area contributed by atoms with E-state index in [2.05, 4.69) is 20.3 Å². The predicted octanol–water partition coefficient (Wildman–Crippen LogP) is 5.09. The summed E-state index contributed by atoms with van der Waals surface area (Å²) < 4.78 is 74.2. The Morgan fingerprint density at radius 2 is 1.76 bits per heavy atom. The van der Waals surface area contributed by atoms with Gasteiger partial charge in [-0.1, -0.05) is 0 Å². The van der Waals surface area contributed by atoms with Crippen molar-refractivity contribution in [1.29, 1.82) is 0 Å². The Kier molecular flexibility index (Phi) is 7.63. The number of amides is 2. The maximum absolute atomic E-state index is 14.0. The third kappa shape index (κ3) is 6.53. The van der Waals surface area contributed by atoms with Crippen molar-refractivity contribution in [2.75, 3.05) is 18.8 Å². The number of pyridine rings is 1. The maximum atomic E-state index is 14.0. The van der Waals surface area contributed by atoms with Crippen molar-refractivity contribution in [3.63, 3.8) is 0 Å². The van der Waals surface area contributed by atoms with Gasteiger partial charge < -0.3 is 20.4 Å². The third-order valence-electron chi connectivity index (χ3n) is 6.59. The number of nitrogens with two attached hydrogens (primary N) is 1. The van der Waals surface area contributed by atoms with E-state index in [1.165, 1.54) is 35.4 Å². The number of likely N-dealkylation sites (tertiary alicyclic amines) is 1. The van der Waals surface area contributed by atoms with Crippen LogP contribution in [0.15, 0.2) is 59.4 Å². The molecule has 1 aliphatic heterocycles. The van der Waals surface area contributed by atoms with Gasteiger partial charge in [0.15, 0.2) is 5.82 Å². The fraction of sp³-hybridized carbons (Fsp3) is 0.250. The molecule has 0 saturated carbocycles. The van der Waals surface area contributed by atoms with Crippen molar-refractivity contribution in [2.24, 2.45) is 0 Å². The summed E-state index contributed by atoms with van der Waals surface area (Å²) in [6, 6.07) is 6.83. The molecule has 1 saturated heterocycles. The molecule has 218 valence electrons. The number of piperidine rings is 1. The second-order valence-corrected chi connectivity index (χ2v) is 9.66. The average molecular weight is 587 g/mol. The molecule has 4 aromatic rings. The van der Waals surface area contributed by atoms with E-state index in [9.17, 15) is 31.5 Å². The lowest BCUT2D eigenvalue weighted by Crippen LogP contribution is -2.42. The van der Waals surface area contributed by atoms with Gasteiger partial charge in [0.25, 0.3) is 11.8 Å². The lowest BCUT2D eigenvalue weighted by Gasteiger charge is -2.31. The molecule has 0 spiro atoms. The average Bonchev–Trinajstić information content (AvgIpc) is 3.37. The topological polar surface area (TPSA) is 127 Å². The highest BCUT2D eigenvalue weighted by Crippen LogP contribution is 2.39. The minimum atomic E-state index is -4.78. The molecule has 42 heavy (non-hydrogen) atoms. The second-order valence-electron chi connectivity index (χ2n) is 9.66. The van der Waals surface area contributed by atoms with E-state index in [1.807, 2.05) is 0 Å². The van der Waals surface area contributed by atoms with Crippen LogP contribution >= 0.6 is 0 Å². The lowest BCUT2D eigenvalue weighted by atomic mass is 10.1. The third-order valence-corrected chi connectivity index (χ3v) is 6.59. The molecule has 1 aliphatic rings. The Balaban J connectivity index is 1.33. The fourth-order valence-electron chi connectivity index (χ4n) is 4.36. The van der Waals surface area contributed by atoms with Gasteiger partial charge in [0, 0.05) is 61.5 Å². The van der Waals surface area contributed by atoms with Crippen molar-refractivity contribution in [2.45, 2.75) is 31.5 Å². The summed E-state index contributed by atoms with van der Waals surface area (Å²) in [6.07, 6.45) is 0.827. The molecular formula is C28H23F5N6O3. The van der Waals surface area contributed by atoms with E-state index in [-0.39, 0.29) is 47.7 Å². The van der Waals surface area contributed by atoms with Crippen LogP contribution < -0.4 is 11.1 Å². The van der Waals surface area contributed by atoms with Crippen LogP contribution in [0.5, 0.6) is 0 Å². The highest BCUT2D eigenvalue weighted by atomic mass is 19.4. The Morgan fingerprint density at radius 3 is 2.40 bits per heavy atom. The number of carbonyl (C=O) groups excluding carboxylic acids is 2. The molecule has 1 aromatic carbocycles. The zero-order chi connectivity index (χ0) is 30.1. The van der Waals surface area contributed by atoms with E-state index in [1.54, 1.807) is 12.1 Å². The number of anilines is 1. The molecule has 0 atom stereocenters. The number of hydrogen-bond donors (Lipinski definition) is 2. The van der Waals surface area contributed by atoms with Crippen LogP contribution in [0.4, 0.5) is 27.8 Å². The van der Waals surface area contributed by atoms with Crippen LogP contribution in [0.25, 0.3) is 28.4 Å². The summed E-state index contributed by atoms with van der Waals surface area (Å²) in [7, 11) is 0. The van der Waals surface area contributed by atoms with Crippen LogP contribution in [-0.4, -0.2) is 50.7 Å². The molecule has 3 aromatic heterocycles. The van der Waals surface area contributed by atoms with Crippen LogP contribution in [0.1, 0.15) is 40.1 Å². The summed E-state index contributed by atoms with van der Waals surface area (Å²) in [5.41, 5.74) is 4.70. The highest BCUT2D eigenvalue weighted by Gasteiger charge is 2.37. The van der Waals surface area contributed by atoms with Gasteiger partial charge in [-0.3, -0.25) is 9.59 Å². The van der Waals surface area contributed by atoms with Crippen molar-refractivity contribution in [3.8, 4) is 11.4 Å². The van der Waals surface area contributed by atoms with E-state index in [0.29, 0.717) is 11.4 Å². The Labute approximate surface area is 235 Å². The summed E-state index contributed by atoms with van der Waals surface area (Å²) in [5, 5.41) is 2.65. The summed E-state index contributed by atoms with van der Waals surface area (Å²) in [5.74, 6) is -3.54. The van der Waals surface area contributed by atoms with Crippen LogP contribution in [0, 0.1) is 0 Å². The largest absolute Gasteiger partial charge is 0.459 e. The molecule has 0 aliphatic carbocycles. The molecule has 3 N–H and O–H groups in total. The summed E-state index contributed by atoms with van der Waals surface area (Å²) >= 11 is 0. The smallest absolute Gasteiger partial charge is 0.420 e. The van der Waals surface area contributed by atoms with E-state index < -0.39 is 47.9 Å². The monoisotopic (exact) mass is 586 g/mol. The first-order valence-corrected chi connectivity index (χ1v) is 12.7. The normalized spacial score (nSPS) is 15.3. The minimum Gasteiger partial charge on any atom is -0.459 e. The van der Waals surface area contributed by atoms with Gasteiger partial charge in [0.05, 0.1) is 17.7 Å². The van der Waals surface area contributed by atoms with Crippen molar-refractivity contribution >= 4 is 34.7 Å². The molecule has 14 heteroatoms. The first kappa shape index (κ1) is 28.6. The molecule has 1 fully saturated rings. The van der Waals surface area contributed by atoms with Crippen molar-refractivity contribution in [1.82, 2.24) is 25.2 Å². The van der Waals surface area contributed by atoms with Crippen LogP contribution in [0.2, 0.25) is 0 Å². The number of alkyl halides is 5. The molecule has 2 amide bonds. The number of furan rings is 1. The number of nitrogen functional groups attached to an aromatic ring is 1. The Bertz CT molecular complexity index is 1640. The number of nitrogens with zero attached hydrogens (tertiary/aromatic N) is 4. The second kappa shape index (κ2) is 11.2. The Hall–Kier alpha value is -4.88. The van der Waals surface area contributed by atoms with Crippen LogP contribution in [0.3, 0.4) is 0 Å². The fourth-order valence-corrected chi connectivity index (χ4v) is 4.36. The van der Waals surface area contributed by atoms with Gasteiger partial charge in [-0.05, 0) is 42.0 Å². The van der Waals surface area contributed by atoms with Gasteiger partial charge in [0.1, 0.15) is 17.2 Å². The number of benzene rings is 1. The quantitative estimate of drug-likeness (QED) is 0.238. The number of aromatic nitrogens is 3. The zero-order valence-corrected chi connectivity index (χ0v) is 21.8. The molecular weight excluding hydrogens is 563 g/mol. The lowest BCUT2D eigenvalue weighted by molar-refractivity contribution is -0.136. The molecule has 4 heterocycles. The number of hydrogen-bond acceptors (Lipinski definition) is 7. The molecule has 0 radical (unpaired) electrons. The van der Waals surface area contributed by atoms with Crippen molar-refractivity contribution in [3.05, 3.63) is 77.4 Å². The number of nitrogens with one attached hydrogen (secondary N) is 1. The first-order valence-electron chi connectivity index (χ1n) is 12.7. The molecule has 5 rings (SSSR count). The van der Waals surface area contributed by atoms with Gasteiger partial charge in [-0.25, -0.2) is 23.7 Å². The van der Waals surface area contributed by atoms with E-state index in [0.717, 1.165) is 18.5 Å². The zero-order valence-electron chi connectivity index (χ0n) is 21.8. The van der Waals surface area contributed by atoms with E-state index >= 15 is 0 Å². The number of rotatable bonds is 6. The van der Waals surface area contributed by atoms with Gasteiger partial charge >= 0.3 is 6.18 Å².